The average molecular weight is 534 g/mol. The monoisotopic (exact) mass is 534 g/mol. The maximum Gasteiger partial charge on any atom is 0.492 e. The Balaban J connectivity index is 1.54. The van der Waals surface area contributed by atoms with E-state index in [2.05, 4.69) is 20.7 Å². The predicted molar refractivity (Wildman–Crippen MR) is 150 cm³/mol. The van der Waals surface area contributed by atoms with Crippen molar-refractivity contribution in [2.45, 2.75) is 58.8 Å². The molecule has 1 saturated heterocycles. The Bertz CT molecular complexity index is 1330. The quantitative estimate of drug-likeness (QED) is 0.229. The van der Waals surface area contributed by atoms with E-state index in [-0.39, 0.29) is 29.1 Å². The van der Waals surface area contributed by atoms with Crippen LogP contribution in [0.4, 0.5) is 5.82 Å². The van der Waals surface area contributed by atoms with E-state index in [9.17, 15) is 4.79 Å². The molecule has 1 fully saturated rings. The molecule has 2 aromatic rings. The first kappa shape index (κ1) is 28.1. The average Bonchev–Trinajstić information content (AvgIpc) is 3.42. The standard InChI is InChI=1S/C26H35BN8O4/c1-16(2)34(15-28)22(29)20-9-8-10-21(31-20)32-23(36)19-14-35(33-24(19)37-7)18-11-17(12-30-13-18)27-38-25(3,4)26(5,6)39-27/h8-11,13-16,28-30H,12H2,1-7H3,(H,31,32,36). The fourth-order valence-electron chi connectivity index (χ4n) is 4.06. The summed E-state index contributed by atoms with van der Waals surface area (Å²) in [6, 6.07) is 4.88. The first-order chi connectivity index (χ1) is 18.4. The maximum absolute atomic E-state index is 13.2. The van der Waals surface area contributed by atoms with Crippen LogP contribution in [0.2, 0.25) is 0 Å². The number of nitrogens with one attached hydrogen (secondary N) is 4. The highest BCUT2D eigenvalue weighted by Gasteiger charge is 2.52. The van der Waals surface area contributed by atoms with Gasteiger partial charge < -0.3 is 29.6 Å². The van der Waals surface area contributed by atoms with Crippen LogP contribution in [-0.4, -0.2) is 75.8 Å². The highest BCUT2D eigenvalue weighted by atomic mass is 16.7. The predicted octanol–water partition coefficient (Wildman–Crippen LogP) is 3.14. The van der Waals surface area contributed by atoms with Gasteiger partial charge >= 0.3 is 7.12 Å². The summed E-state index contributed by atoms with van der Waals surface area (Å²) in [5.74, 6) is -0.0140. The Morgan fingerprint density at radius 1 is 1.28 bits per heavy atom. The number of dihydropyridines is 1. The molecule has 0 unspecified atom stereocenters. The van der Waals surface area contributed by atoms with Crippen molar-refractivity contribution in [1.29, 1.82) is 10.8 Å². The molecule has 206 valence electrons. The van der Waals surface area contributed by atoms with Gasteiger partial charge in [0.15, 0.2) is 5.84 Å². The number of anilines is 1. The number of hydrogen-bond donors (Lipinski definition) is 4. The molecule has 0 aliphatic carbocycles. The van der Waals surface area contributed by atoms with E-state index in [0.717, 1.165) is 11.8 Å². The highest BCUT2D eigenvalue weighted by molar-refractivity contribution is 6.55. The van der Waals surface area contributed by atoms with Crippen molar-refractivity contribution in [2.24, 2.45) is 0 Å². The molecule has 4 N–H and O–H groups in total. The summed E-state index contributed by atoms with van der Waals surface area (Å²) in [5.41, 5.74) is 1.19. The van der Waals surface area contributed by atoms with E-state index in [1.807, 2.05) is 47.6 Å². The fourth-order valence-corrected chi connectivity index (χ4v) is 4.06. The second-order valence-corrected chi connectivity index (χ2v) is 10.6. The molecule has 2 aliphatic rings. The molecule has 4 heterocycles. The Morgan fingerprint density at radius 3 is 2.59 bits per heavy atom. The number of aromatic nitrogens is 3. The van der Waals surface area contributed by atoms with E-state index in [0.29, 0.717) is 17.9 Å². The van der Waals surface area contributed by atoms with Gasteiger partial charge in [-0.2, -0.15) is 0 Å². The molecule has 12 nitrogen and oxygen atoms in total. The van der Waals surface area contributed by atoms with E-state index in [1.165, 1.54) is 12.0 Å². The van der Waals surface area contributed by atoms with Crippen molar-refractivity contribution in [3.05, 3.63) is 53.4 Å². The molecule has 4 rings (SSSR count). The van der Waals surface area contributed by atoms with E-state index in [1.54, 1.807) is 35.3 Å². The number of hydrogen-bond acceptors (Lipinski definition) is 9. The van der Waals surface area contributed by atoms with E-state index >= 15 is 0 Å². The molecule has 0 spiro atoms. The van der Waals surface area contributed by atoms with Crippen molar-refractivity contribution in [2.75, 3.05) is 19.0 Å². The maximum atomic E-state index is 13.2. The number of amidine groups is 1. The lowest BCUT2D eigenvalue weighted by Gasteiger charge is -2.32. The molecule has 1 amide bonds. The third-order valence-corrected chi connectivity index (χ3v) is 7.02. The topological polar surface area (TPSA) is 150 Å². The van der Waals surface area contributed by atoms with E-state index in [4.69, 9.17) is 24.9 Å². The number of allylic oxidation sites excluding steroid dienone is 2. The van der Waals surface area contributed by atoms with Crippen LogP contribution in [0.5, 0.6) is 5.88 Å². The smallest absolute Gasteiger partial charge is 0.479 e. The SMILES string of the molecule is COc1nn(C2=CNCC(B3OC(C)(C)C(C)(C)O3)=C2)cc1C(=O)Nc1cccc(C(=N)N(C=N)C(C)C)n1. The molecule has 0 atom stereocenters. The zero-order valence-electron chi connectivity index (χ0n) is 23.3. The number of amides is 1. The molecular weight excluding hydrogens is 499 g/mol. The number of carbonyl (C=O) groups excluding carboxylic acids is 1. The third-order valence-electron chi connectivity index (χ3n) is 7.02. The molecule has 39 heavy (non-hydrogen) atoms. The third kappa shape index (κ3) is 5.59. The number of rotatable bonds is 8. The van der Waals surface area contributed by atoms with Gasteiger partial charge in [0.25, 0.3) is 5.91 Å². The van der Waals surface area contributed by atoms with Gasteiger partial charge in [-0.05, 0) is 65.2 Å². The van der Waals surface area contributed by atoms with Crippen LogP contribution in [0.3, 0.4) is 0 Å². The first-order valence-corrected chi connectivity index (χ1v) is 12.7. The van der Waals surface area contributed by atoms with Gasteiger partial charge in [0.2, 0.25) is 5.88 Å². The van der Waals surface area contributed by atoms with Gasteiger partial charge in [0.1, 0.15) is 17.1 Å². The summed E-state index contributed by atoms with van der Waals surface area (Å²) in [5, 5.41) is 26.4. The molecular formula is C26H35BN8O4. The number of pyridine rings is 1. The van der Waals surface area contributed by atoms with Crippen LogP contribution in [0.1, 0.15) is 57.6 Å². The second-order valence-electron chi connectivity index (χ2n) is 10.6. The van der Waals surface area contributed by atoms with Crippen LogP contribution in [-0.2, 0) is 9.31 Å². The van der Waals surface area contributed by atoms with Crippen molar-refractivity contribution in [3.8, 4) is 5.88 Å². The minimum Gasteiger partial charge on any atom is -0.479 e. The van der Waals surface area contributed by atoms with E-state index < -0.39 is 24.2 Å². The number of nitrogens with zero attached hydrogens (tertiary/aromatic N) is 4. The number of methoxy groups -OCH3 is 1. The molecule has 13 heteroatoms. The van der Waals surface area contributed by atoms with Crippen LogP contribution >= 0.6 is 0 Å². The summed E-state index contributed by atoms with van der Waals surface area (Å²) in [6.45, 7) is 12.3. The van der Waals surface area contributed by atoms with Crippen LogP contribution < -0.4 is 15.4 Å². The van der Waals surface area contributed by atoms with Gasteiger partial charge in [0, 0.05) is 25.0 Å². The molecule has 0 saturated carbocycles. The van der Waals surface area contributed by atoms with Crippen molar-refractivity contribution >= 4 is 36.7 Å². The Kier molecular flexibility index (Phi) is 7.67. The summed E-state index contributed by atoms with van der Waals surface area (Å²) in [4.78, 5) is 19.1. The van der Waals surface area contributed by atoms with Crippen molar-refractivity contribution in [3.63, 3.8) is 0 Å². The first-order valence-electron chi connectivity index (χ1n) is 12.7. The minimum atomic E-state index is -0.511. The van der Waals surface area contributed by atoms with Crippen LogP contribution in [0.15, 0.2) is 42.1 Å². The fraction of sp³-hybridized carbons (Fsp3) is 0.423. The molecule has 2 aromatic heterocycles. The molecule has 0 radical (unpaired) electrons. The lowest BCUT2D eigenvalue weighted by molar-refractivity contribution is 0.00578. The van der Waals surface area contributed by atoms with Crippen molar-refractivity contribution < 1.29 is 18.8 Å². The van der Waals surface area contributed by atoms with Crippen molar-refractivity contribution in [1.82, 2.24) is 25.0 Å². The summed E-state index contributed by atoms with van der Waals surface area (Å²) in [7, 11) is 0.934. The summed E-state index contributed by atoms with van der Waals surface area (Å²) in [6.07, 6.45) is 6.38. The summed E-state index contributed by atoms with van der Waals surface area (Å²) < 4.78 is 19.3. The Labute approximate surface area is 228 Å². The van der Waals surface area contributed by atoms with Gasteiger partial charge in [-0.25, -0.2) is 9.67 Å². The zero-order valence-corrected chi connectivity index (χ0v) is 23.3. The van der Waals surface area contributed by atoms with Gasteiger partial charge in [-0.3, -0.25) is 15.6 Å². The van der Waals surface area contributed by atoms with Gasteiger partial charge in [0.05, 0.1) is 30.3 Å². The largest absolute Gasteiger partial charge is 0.492 e. The second kappa shape index (κ2) is 10.7. The molecule has 0 bridgehead atoms. The molecule has 0 aromatic carbocycles. The lowest BCUT2D eigenvalue weighted by atomic mass is 9.77. The molecule has 2 aliphatic heterocycles. The normalized spacial score (nSPS) is 17.7. The van der Waals surface area contributed by atoms with Crippen LogP contribution in [0, 0.1) is 10.8 Å². The van der Waals surface area contributed by atoms with Gasteiger partial charge in [-0.1, -0.05) is 6.07 Å². The Morgan fingerprint density at radius 2 is 1.97 bits per heavy atom. The lowest BCUT2D eigenvalue weighted by Crippen LogP contribution is -2.41. The number of ether oxygens (including phenoxy) is 1. The van der Waals surface area contributed by atoms with Crippen LogP contribution in [0.25, 0.3) is 5.70 Å². The highest BCUT2D eigenvalue weighted by Crippen LogP contribution is 2.39. The Hall–Kier alpha value is -3.97. The zero-order chi connectivity index (χ0) is 28.5. The van der Waals surface area contributed by atoms with Gasteiger partial charge in [-0.15, -0.1) is 5.10 Å². The summed E-state index contributed by atoms with van der Waals surface area (Å²) >= 11 is 0. The number of carbonyl (C=O) groups is 1. The minimum absolute atomic E-state index is 0.0582.